The maximum Gasteiger partial charge on any atom is 0.165 e. The monoisotopic (exact) mass is 363 g/mol. The van der Waals surface area contributed by atoms with E-state index in [2.05, 4.69) is 11.4 Å². The quantitative estimate of drug-likeness (QED) is 0.841. The van der Waals surface area contributed by atoms with Crippen LogP contribution in [-0.4, -0.2) is 25.8 Å². The van der Waals surface area contributed by atoms with Gasteiger partial charge in [0.25, 0.3) is 0 Å². The molecule has 2 aromatic carbocycles. The molecule has 5 heteroatoms. The van der Waals surface area contributed by atoms with Gasteiger partial charge in [-0.1, -0.05) is 29.3 Å². The first-order chi connectivity index (χ1) is 11.7. The highest BCUT2D eigenvalue weighted by Gasteiger charge is 2.38. The second-order valence-electron chi connectivity index (χ2n) is 6.21. The topological polar surface area (TPSA) is 30.5 Å². The molecule has 0 aliphatic carbocycles. The van der Waals surface area contributed by atoms with Gasteiger partial charge in [0.15, 0.2) is 11.5 Å². The molecule has 0 spiro atoms. The Kier molecular flexibility index (Phi) is 4.33. The van der Waals surface area contributed by atoms with E-state index in [0.717, 1.165) is 42.1 Å². The van der Waals surface area contributed by atoms with Crippen LogP contribution in [0.1, 0.15) is 24.8 Å². The first-order valence-corrected chi connectivity index (χ1v) is 9.06. The summed E-state index contributed by atoms with van der Waals surface area (Å²) in [5.41, 5.74) is 3.20. The second-order valence-corrected chi connectivity index (χ2v) is 7.05. The van der Waals surface area contributed by atoms with Crippen molar-refractivity contribution in [2.24, 2.45) is 0 Å². The number of nitrogens with one attached hydrogen (secondary N) is 1. The highest BCUT2D eigenvalue weighted by Crippen LogP contribution is 2.48. The summed E-state index contributed by atoms with van der Waals surface area (Å²) >= 11 is 12.4. The van der Waals surface area contributed by atoms with Crippen LogP contribution in [0.2, 0.25) is 10.0 Å². The van der Waals surface area contributed by atoms with Crippen molar-refractivity contribution in [2.75, 3.05) is 19.7 Å². The summed E-state index contributed by atoms with van der Waals surface area (Å²) in [6.45, 7) is 4.51. The largest absolute Gasteiger partial charge is 0.490 e. The van der Waals surface area contributed by atoms with Crippen molar-refractivity contribution in [3.8, 4) is 22.6 Å². The number of ether oxygens (including phenoxy) is 2. The molecule has 126 valence electrons. The number of benzene rings is 2. The molecule has 2 aromatic rings. The third kappa shape index (κ3) is 2.75. The fourth-order valence-corrected chi connectivity index (χ4v) is 4.12. The lowest BCUT2D eigenvalue weighted by atomic mass is 9.89. The van der Waals surface area contributed by atoms with Gasteiger partial charge in [-0.15, -0.1) is 0 Å². The van der Waals surface area contributed by atoms with Gasteiger partial charge in [0, 0.05) is 33.6 Å². The Labute approximate surface area is 151 Å². The molecule has 0 radical (unpaired) electrons. The van der Waals surface area contributed by atoms with Crippen LogP contribution in [0.5, 0.6) is 11.5 Å². The van der Waals surface area contributed by atoms with Gasteiger partial charge < -0.3 is 14.8 Å². The van der Waals surface area contributed by atoms with Gasteiger partial charge in [-0.05, 0) is 49.7 Å². The van der Waals surface area contributed by atoms with Crippen molar-refractivity contribution in [3.63, 3.8) is 0 Å². The Hall–Kier alpha value is -1.42. The molecule has 0 saturated carbocycles. The van der Waals surface area contributed by atoms with Crippen LogP contribution in [0.25, 0.3) is 11.1 Å². The van der Waals surface area contributed by atoms with E-state index in [1.807, 2.05) is 25.1 Å². The molecule has 0 bridgehead atoms. The molecule has 3 nitrogen and oxygen atoms in total. The number of hydrogen-bond acceptors (Lipinski definition) is 3. The molecule has 24 heavy (non-hydrogen) atoms. The molecular weight excluding hydrogens is 345 g/mol. The summed E-state index contributed by atoms with van der Waals surface area (Å²) in [5, 5.41) is 4.74. The Morgan fingerprint density at radius 1 is 1.25 bits per heavy atom. The first kappa shape index (κ1) is 16.1. The smallest absolute Gasteiger partial charge is 0.165 e. The molecule has 2 aliphatic heterocycles. The number of halogens is 2. The standard InChI is InChI=1S/C19H19Cl2NO2/c1-2-23-18-8-11(13-4-3-12(20)9-16(13)21)7-14-15-10-22-6-5-17(15)24-19(14)18/h3-4,7-9,15,17,22H,2,5-6,10H2,1H3/t15-,17-/m0/s1. The minimum absolute atomic E-state index is 0.233. The predicted molar refractivity (Wildman–Crippen MR) is 97.7 cm³/mol. The molecule has 2 aliphatic rings. The first-order valence-electron chi connectivity index (χ1n) is 8.31. The van der Waals surface area contributed by atoms with E-state index >= 15 is 0 Å². The Balaban J connectivity index is 1.83. The minimum Gasteiger partial charge on any atom is -0.490 e. The van der Waals surface area contributed by atoms with Crippen LogP contribution in [0.4, 0.5) is 0 Å². The van der Waals surface area contributed by atoms with Crippen LogP contribution >= 0.6 is 23.2 Å². The number of fused-ring (bicyclic) bond motifs is 3. The van der Waals surface area contributed by atoms with Gasteiger partial charge in [-0.2, -0.15) is 0 Å². The van der Waals surface area contributed by atoms with Gasteiger partial charge in [-0.25, -0.2) is 0 Å². The van der Waals surface area contributed by atoms with Gasteiger partial charge in [0.1, 0.15) is 6.10 Å². The van der Waals surface area contributed by atoms with Crippen LogP contribution in [0.15, 0.2) is 30.3 Å². The van der Waals surface area contributed by atoms with E-state index < -0.39 is 0 Å². The van der Waals surface area contributed by atoms with Crippen molar-refractivity contribution >= 4 is 23.2 Å². The van der Waals surface area contributed by atoms with E-state index in [4.69, 9.17) is 32.7 Å². The summed E-state index contributed by atoms with van der Waals surface area (Å²) in [5.74, 6) is 2.05. The summed E-state index contributed by atoms with van der Waals surface area (Å²) in [6, 6.07) is 9.78. The van der Waals surface area contributed by atoms with Crippen molar-refractivity contribution in [2.45, 2.75) is 25.4 Å². The average molecular weight is 364 g/mol. The van der Waals surface area contributed by atoms with Crippen LogP contribution < -0.4 is 14.8 Å². The molecule has 0 amide bonds. The maximum atomic E-state index is 6.41. The lowest BCUT2D eigenvalue weighted by molar-refractivity contribution is 0.166. The lowest BCUT2D eigenvalue weighted by Crippen LogP contribution is -2.37. The van der Waals surface area contributed by atoms with Crippen LogP contribution in [0, 0.1) is 0 Å². The molecule has 0 aromatic heterocycles. The Morgan fingerprint density at radius 2 is 2.12 bits per heavy atom. The second kappa shape index (κ2) is 6.47. The Bertz CT molecular complexity index is 778. The zero-order valence-corrected chi connectivity index (χ0v) is 15.0. The van der Waals surface area contributed by atoms with E-state index in [-0.39, 0.29) is 6.10 Å². The van der Waals surface area contributed by atoms with Crippen molar-refractivity contribution in [1.29, 1.82) is 0 Å². The van der Waals surface area contributed by atoms with Gasteiger partial charge in [-0.3, -0.25) is 0 Å². The Morgan fingerprint density at radius 3 is 2.92 bits per heavy atom. The predicted octanol–water partition coefficient (Wildman–Crippen LogP) is 4.90. The fourth-order valence-electron chi connectivity index (χ4n) is 3.60. The maximum absolute atomic E-state index is 6.41. The molecular formula is C19H19Cl2NO2. The van der Waals surface area contributed by atoms with E-state index in [1.165, 1.54) is 5.56 Å². The van der Waals surface area contributed by atoms with Crippen molar-refractivity contribution in [3.05, 3.63) is 45.9 Å². The molecule has 0 unspecified atom stereocenters. The third-order valence-corrected chi connectivity index (χ3v) is 5.26. The third-order valence-electron chi connectivity index (χ3n) is 4.71. The summed E-state index contributed by atoms with van der Waals surface area (Å²) in [4.78, 5) is 0. The van der Waals surface area contributed by atoms with Crippen LogP contribution in [-0.2, 0) is 0 Å². The number of rotatable bonds is 3. The minimum atomic E-state index is 0.233. The zero-order chi connectivity index (χ0) is 16.7. The lowest BCUT2D eigenvalue weighted by Gasteiger charge is -2.24. The molecule has 1 N–H and O–H groups in total. The number of piperidine rings is 1. The highest BCUT2D eigenvalue weighted by atomic mass is 35.5. The SMILES string of the molecule is CCOc1cc(-c2ccc(Cl)cc2Cl)cc2c1O[C@H]1CCNC[C@@H]21. The zero-order valence-electron chi connectivity index (χ0n) is 13.4. The van der Waals surface area contributed by atoms with Crippen LogP contribution in [0.3, 0.4) is 0 Å². The summed E-state index contributed by atoms with van der Waals surface area (Å²) < 4.78 is 12.1. The van der Waals surface area contributed by atoms with Crippen molar-refractivity contribution < 1.29 is 9.47 Å². The van der Waals surface area contributed by atoms with E-state index in [1.54, 1.807) is 6.07 Å². The summed E-state index contributed by atoms with van der Waals surface area (Å²) in [7, 11) is 0. The highest BCUT2D eigenvalue weighted by molar-refractivity contribution is 6.36. The fraction of sp³-hybridized carbons (Fsp3) is 0.368. The van der Waals surface area contributed by atoms with Gasteiger partial charge in [0.05, 0.1) is 6.61 Å². The summed E-state index contributed by atoms with van der Waals surface area (Å²) in [6.07, 6.45) is 1.25. The normalized spacial score (nSPS) is 21.8. The molecule has 2 atom stereocenters. The average Bonchev–Trinajstić information content (AvgIpc) is 2.94. The van der Waals surface area contributed by atoms with Gasteiger partial charge >= 0.3 is 0 Å². The number of hydrogen-bond donors (Lipinski definition) is 1. The molecule has 2 heterocycles. The molecule has 1 fully saturated rings. The molecule has 1 saturated heterocycles. The van der Waals surface area contributed by atoms with E-state index in [0.29, 0.717) is 22.6 Å². The van der Waals surface area contributed by atoms with E-state index in [9.17, 15) is 0 Å². The molecule has 4 rings (SSSR count). The van der Waals surface area contributed by atoms with Crippen molar-refractivity contribution in [1.82, 2.24) is 5.32 Å². The van der Waals surface area contributed by atoms with Gasteiger partial charge in [0.2, 0.25) is 0 Å².